The minimum absolute atomic E-state index is 0.364. The second kappa shape index (κ2) is 8.07. The summed E-state index contributed by atoms with van der Waals surface area (Å²) >= 11 is 0. The van der Waals surface area contributed by atoms with Crippen LogP contribution in [0.5, 0.6) is 5.75 Å². The number of carbonyl (C=O) groups is 2. The number of nitrogens with zero attached hydrogens (tertiary/aromatic N) is 2. The van der Waals surface area contributed by atoms with Gasteiger partial charge in [0.05, 0.1) is 0 Å². The van der Waals surface area contributed by atoms with Crippen molar-refractivity contribution in [1.29, 1.82) is 0 Å². The van der Waals surface area contributed by atoms with Crippen LogP contribution < -0.4 is 15.0 Å². The fourth-order valence-electron chi connectivity index (χ4n) is 3.52. The number of hydrogen-bond acceptors (Lipinski definition) is 5. The lowest BCUT2D eigenvalue weighted by Gasteiger charge is -2.42. The van der Waals surface area contributed by atoms with Crippen LogP contribution in [0, 0.1) is 5.92 Å². The molecular weight excluding hydrogens is 346 g/mol. The topological polar surface area (TPSA) is 91.8 Å². The van der Waals surface area contributed by atoms with Crippen LogP contribution in [0.2, 0.25) is 0 Å². The fraction of sp³-hybridized carbons (Fsp3) is 0.350. The van der Waals surface area contributed by atoms with Crippen molar-refractivity contribution in [3.05, 3.63) is 54.9 Å². The zero-order valence-corrected chi connectivity index (χ0v) is 15.2. The number of aromatic nitrogens is 1. The quantitative estimate of drug-likeness (QED) is 0.759. The van der Waals surface area contributed by atoms with Gasteiger partial charge in [-0.3, -0.25) is 9.78 Å². The molecule has 7 nitrogen and oxygen atoms in total. The van der Waals surface area contributed by atoms with Crippen LogP contribution in [0.25, 0.3) is 0 Å². The smallest absolute Gasteiger partial charge is 0.370 e. The number of nitrogens with one attached hydrogen (secondary N) is 1. The van der Waals surface area contributed by atoms with Gasteiger partial charge >= 0.3 is 5.97 Å². The molecule has 0 bridgehead atoms. The summed E-state index contributed by atoms with van der Waals surface area (Å²) in [6.45, 7) is 2.64. The molecule has 1 aliphatic heterocycles. The molecule has 2 aromatic rings. The molecule has 1 aliphatic rings. The van der Waals surface area contributed by atoms with Gasteiger partial charge in [0.1, 0.15) is 5.75 Å². The highest BCUT2D eigenvalue weighted by Gasteiger charge is 2.50. The second-order valence-electron chi connectivity index (χ2n) is 6.60. The normalized spacial score (nSPS) is 17.0. The number of benzene rings is 1. The maximum atomic E-state index is 12.3. The van der Waals surface area contributed by atoms with Crippen molar-refractivity contribution in [2.24, 2.45) is 5.92 Å². The molecule has 1 aromatic heterocycles. The molecule has 0 aliphatic carbocycles. The van der Waals surface area contributed by atoms with Gasteiger partial charge in [-0.2, -0.15) is 0 Å². The maximum absolute atomic E-state index is 12.3. The van der Waals surface area contributed by atoms with Gasteiger partial charge in [-0.15, -0.1) is 0 Å². The van der Waals surface area contributed by atoms with E-state index in [9.17, 15) is 14.7 Å². The van der Waals surface area contributed by atoms with Crippen molar-refractivity contribution in [3.63, 3.8) is 0 Å². The van der Waals surface area contributed by atoms with Crippen molar-refractivity contribution < 1.29 is 19.4 Å². The molecule has 142 valence electrons. The molecule has 0 saturated carbocycles. The monoisotopic (exact) mass is 369 g/mol. The molecule has 2 N–H and O–H groups in total. The third-order valence-electron chi connectivity index (χ3n) is 4.80. The Bertz CT molecular complexity index is 776. The summed E-state index contributed by atoms with van der Waals surface area (Å²) in [5.41, 5.74) is -0.745. The van der Waals surface area contributed by atoms with Gasteiger partial charge < -0.3 is 20.1 Å². The molecule has 1 unspecified atom stereocenters. The Morgan fingerprint density at radius 3 is 2.33 bits per heavy atom. The summed E-state index contributed by atoms with van der Waals surface area (Å²) in [4.78, 5) is 30.3. The SMILES string of the molecule is CC(=O)NC(Oc1ccccc1)(C(=O)O)C1CCN(c2ccncc2)CC1. The number of para-hydroxylation sites is 1. The average Bonchev–Trinajstić information content (AvgIpc) is 2.68. The number of carbonyl (C=O) groups excluding carboxylic acids is 1. The van der Waals surface area contributed by atoms with Crippen molar-refractivity contribution in [2.45, 2.75) is 25.5 Å². The number of rotatable bonds is 6. The number of carboxylic acids is 1. The Kier molecular flexibility index (Phi) is 5.59. The molecule has 2 heterocycles. The van der Waals surface area contributed by atoms with Crippen LogP contribution in [0.15, 0.2) is 54.9 Å². The van der Waals surface area contributed by atoms with E-state index in [2.05, 4.69) is 15.2 Å². The minimum atomic E-state index is -1.79. The van der Waals surface area contributed by atoms with Gasteiger partial charge in [0, 0.05) is 44.0 Å². The van der Waals surface area contributed by atoms with Crippen LogP contribution in [0.1, 0.15) is 19.8 Å². The first-order valence-corrected chi connectivity index (χ1v) is 8.92. The third-order valence-corrected chi connectivity index (χ3v) is 4.80. The van der Waals surface area contributed by atoms with Gasteiger partial charge in [-0.25, -0.2) is 4.79 Å². The predicted molar refractivity (Wildman–Crippen MR) is 100 cm³/mol. The molecule has 1 fully saturated rings. The molecule has 0 radical (unpaired) electrons. The number of ether oxygens (including phenoxy) is 1. The van der Waals surface area contributed by atoms with Crippen LogP contribution >= 0.6 is 0 Å². The van der Waals surface area contributed by atoms with Crippen molar-refractivity contribution >= 4 is 17.6 Å². The van der Waals surface area contributed by atoms with E-state index in [-0.39, 0.29) is 5.92 Å². The van der Waals surface area contributed by atoms with E-state index < -0.39 is 17.6 Å². The predicted octanol–water partition coefficient (Wildman–Crippen LogP) is 2.29. The lowest BCUT2D eigenvalue weighted by atomic mass is 9.85. The molecule has 1 aromatic carbocycles. The number of pyridine rings is 1. The summed E-state index contributed by atoms with van der Waals surface area (Å²) < 4.78 is 5.89. The van der Waals surface area contributed by atoms with Crippen molar-refractivity contribution in [1.82, 2.24) is 10.3 Å². The highest BCUT2D eigenvalue weighted by molar-refractivity contribution is 5.85. The summed E-state index contributed by atoms with van der Waals surface area (Å²) in [6.07, 6.45) is 4.61. The van der Waals surface area contributed by atoms with Crippen LogP contribution in [-0.2, 0) is 9.59 Å². The first kappa shape index (κ1) is 18.7. The van der Waals surface area contributed by atoms with Crippen LogP contribution in [-0.4, -0.2) is 40.8 Å². The highest BCUT2D eigenvalue weighted by Crippen LogP contribution is 2.33. The van der Waals surface area contributed by atoms with Crippen LogP contribution in [0.4, 0.5) is 5.69 Å². The van der Waals surface area contributed by atoms with E-state index in [1.54, 1.807) is 36.7 Å². The van der Waals surface area contributed by atoms with Crippen LogP contribution in [0.3, 0.4) is 0 Å². The molecule has 1 amide bonds. The van der Waals surface area contributed by atoms with E-state index >= 15 is 0 Å². The number of carboxylic acid groups (broad SMARTS) is 1. The second-order valence-corrected chi connectivity index (χ2v) is 6.60. The van der Waals surface area contributed by atoms with E-state index in [1.807, 2.05) is 18.2 Å². The molecule has 7 heteroatoms. The van der Waals surface area contributed by atoms with Gasteiger partial charge in [0.15, 0.2) is 0 Å². The van der Waals surface area contributed by atoms with Gasteiger partial charge in [0.25, 0.3) is 5.72 Å². The Morgan fingerprint density at radius 2 is 1.78 bits per heavy atom. The first-order chi connectivity index (χ1) is 13.0. The fourth-order valence-corrected chi connectivity index (χ4v) is 3.52. The number of amides is 1. The Hall–Kier alpha value is -3.09. The molecule has 27 heavy (non-hydrogen) atoms. The number of anilines is 1. The third kappa shape index (κ3) is 4.19. The standard InChI is InChI=1S/C20H23N3O4/c1-15(24)22-20(19(25)26,27-18-5-3-2-4-6-18)16-9-13-23(14-10-16)17-7-11-21-12-8-17/h2-8,11-12,16H,9-10,13-14H2,1H3,(H,22,24)(H,25,26). The van der Waals surface area contributed by atoms with Crippen molar-refractivity contribution in [3.8, 4) is 5.75 Å². The zero-order chi connectivity index (χ0) is 19.3. The average molecular weight is 369 g/mol. The highest BCUT2D eigenvalue weighted by atomic mass is 16.5. The Labute approximate surface area is 158 Å². The van der Waals surface area contributed by atoms with Gasteiger partial charge in [-0.05, 0) is 37.1 Å². The Morgan fingerprint density at radius 1 is 1.15 bits per heavy atom. The van der Waals surface area contributed by atoms with E-state index in [1.165, 1.54) is 6.92 Å². The summed E-state index contributed by atoms with van der Waals surface area (Å²) in [7, 11) is 0. The lowest BCUT2D eigenvalue weighted by molar-refractivity contribution is -0.169. The molecular formula is C20H23N3O4. The summed E-state index contributed by atoms with van der Waals surface area (Å²) in [5, 5.41) is 12.6. The molecule has 3 rings (SSSR count). The maximum Gasteiger partial charge on any atom is 0.370 e. The molecule has 1 saturated heterocycles. The minimum Gasteiger partial charge on any atom is -0.477 e. The summed E-state index contributed by atoms with van der Waals surface area (Å²) in [6, 6.07) is 12.6. The number of aliphatic carboxylic acids is 1. The molecule has 0 spiro atoms. The number of hydrogen-bond donors (Lipinski definition) is 2. The van der Waals surface area contributed by atoms with E-state index in [0.29, 0.717) is 31.7 Å². The lowest BCUT2D eigenvalue weighted by Crippen LogP contribution is -2.64. The van der Waals surface area contributed by atoms with Crippen molar-refractivity contribution in [2.75, 3.05) is 18.0 Å². The number of piperidine rings is 1. The van der Waals surface area contributed by atoms with E-state index in [4.69, 9.17) is 4.74 Å². The van der Waals surface area contributed by atoms with Gasteiger partial charge in [0.2, 0.25) is 5.91 Å². The van der Waals surface area contributed by atoms with Gasteiger partial charge in [-0.1, -0.05) is 18.2 Å². The molecule has 1 atom stereocenters. The van der Waals surface area contributed by atoms with E-state index in [0.717, 1.165) is 5.69 Å². The first-order valence-electron chi connectivity index (χ1n) is 8.92. The Balaban J connectivity index is 1.82. The summed E-state index contributed by atoms with van der Waals surface area (Å²) in [5.74, 6) is -1.59. The largest absolute Gasteiger partial charge is 0.477 e. The zero-order valence-electron chi connectivity index (χ0n) is 15.2.